The van der Waals surface area contributed by atoms with E-state index in [0.717, 1.165) is 25.7 Å². The monoisotopic (exact) mass is 565 g/mol. The summed E-state index contributed by atoms with van der Waals surface area (Å²) in [5.74, 6) is -1.32. The van der Waals surface area contributed by atoms with E-state index in [1.807, 2.05) is 0 Å². The Balaban J connectivity index is 0. The number of carboxylic acids is 2. The van der Waals surface area contributed by atoms with Gasteiger partial charge < -0.3 is 10.2 Å². The molecule has 0 aromatic carbocycles. The van der Waals surface area contributed by atoms with Crippen LogP contribution in [0.1, 0.15) is 194 Å². The van der Waals surface area contributed by atoms with E-state index in [4.69, 9.17) is 10.2 Å². The first-order chi connectivity index (χ1) is 19.5. The molecule has 0 bridgehead atoms. The van der Waals surface area contributed by atoms with Crippen molar-refractivity contribution < 1.29 is 19.8 Å². The number of carbonyl (C=O) groups is 2. The van der Waals surface area contributed by atoms with Crippen molar-refractivity contribution in [2.75, 3.05) is 0 Å². The van der Waals surface area contributed by atoms with Crippen LogP contribution in [0.15, 0.2) is 24.3 Å². The molecular formula is C36H68O4. The molecule has 0 rings (SSSR count). The molecule has 0 spiro atoms. The van der Waals surface area contributed by atoms with Crippen molar-refractivity contribution in [2.24, 2.45) is 0 Å². The van der Waals surface area contributed by atoms with E-state index in [2.05, 4.69) is 38.2 Å². The van der Waals surface area contributed by atoms with E-state index in [1.165, 1.54) is 141 Å². The zero-order valence-corrected chi connectivity index (χ0v) is 26.8. The number of rotatable bonds is 30. The van der Waals surface area contributed by atoms with E-state index in [-0.39, 0.29) is 0 Å². The molecule has 0 saturated heterocycles. The molecule has 0 unspecified atom stereocenters. The van der Waals surface area contributed by atoms with Gasteiger partial charge in [0.1, 0.15) is 0 Å². The van der Waals surface area contributed by atoms with E-state index in [0.29, 0.717) is 12.8 Å². The summed E-state index contributed by atoms with van der Waals surface area (Å²) in [4.78, 5) is 20.7. The Hall–Kier alpha value is -1.58. The third kappa shape index (κ3) is 43.5. The van der Waals surface area contributed by atoms with Gasteiger partial charge >= 0.3 is 11.9 Å². The quantitative estimate of drug-likeness (QED) is 0.0672. The van der Waals surface area contributed by atoms with Crippen LogP contribution in [-0.2, 0) is 9.59 Å². The Kier molecular flexibility index (Phi) is 37.9. The second kappa shape index (κ2) is 37.4. The zero-order valence-electron chi connectivity index (χ0n) is 26.8. The molecule has 0 amide bonds. The molecule has 2 N–H and O–H groups in total. The first-order valence-electron chi connectivity index (χ1n) is 17.3. The van der Waals surface area contributed by atoms with Gasteiger partial charge in [0, 0.05) is 12.8 Å². The van der Waals surface area contributed by atoms with Gasteiger partial charge in [-0.2, -0.15) is 0 Å². The van der Waals surface area contributed by atoms with Crippen LogP contribution in [0.4, 0.5) is 0 Å². The predicted molar refractivity (Wildman–Crippen MR) is 174 cm³/mol. The van der Waals surface area contributed by atoms with Gasteiger partial charge in [-0.3, -0.25) is 9.59 Å². The van der Waals surface area contributed by atoms with Crippen LogP contribution in [-0.4, -0.2) is 22.2 Å². The molecule has 0 fully saturated rings. The summed E-state index contributed by atoms with van der Waals surface area (Å²) in [7, 11) is 0. The van der Waals surface area contributed by atoms with Crippen LogP contribution in [0, 0.1) is 0 Å². The summed E-state index contributed by atoms with van der Waals surface area (Å²) < 4.78 is 0. The summed E-state index contributed by atoms with van der Waals surface area (Å²) in [5.41, 5.74) is 0. The summed E-state index contributed by atoms with van der Waals surface area (Å²) in [5, 5.41) is 17.0. The molecule has 236 valence electrons. The maximum atomic E-state index is 10.3. The van der Waals surface area contributed by atoms with Crippen LogP contribution < -0.4 is 0 Å². The average molecular weight is 565 g/mol. The van der Waals surface area contributed by atoms with Gasteiger partial charge in [-0.25, -0.2) is 0 Å². The average Bonchev–Trinajstić information content (AvgIpc) is 2.93. The van der Waals surface area contributed by atoms with Gasteiger partial charge in [0.25, 0.3) is 0 Å². The van der Waals surface area contributed by atoms with Crippen LogP contribution in [0.2, 0.25) is 0 Å². The van der Waals surface area contributed by atoms with Gasteiger partial charge in [0.05, 0.1) is 0 Å². The fourth-order valence-corrected chi connectivity index (χ4v) is 4.69. The molecule has 40 heavy (non-hydrogen) atoms. The lowest BCUT2D eigenvalue weighted by atomic mass is 10.1. The van der Waals surface area contributed by atoms with E-state index >= 15 is 0 Å². The number of hydrogen-bond acceptors (Lipinski definition) is 2. The van der Waals surface area contributed by atoms with Gasteiger partial charge in [-0.05, 0) is 64.2 Å². The highest BCUT2D eigenvalue weighted by Gasteiger charge is 1.97. The lowest BCUT2D eigenvalue weighted by molar-refractivity contribution is -0.138. The lowest BCUT2D eigenvalue weighted by Gasteiger charge is -2.00. The Morgan fingerprint density at radius 1 is 0.375 bits per heavy atom. The highest BCUT2D eigenvalue weighted by atomic mass is 16.4. The summed E-state index contributed by atoms with van der Waals surface area (Å²) in [6.07, 6.45) is 42.5. The summed E-state index contributed by atoms with van der Waals surface area (Å²) in [6, 6.07) is 0. The van der Waals surface area contributed by atoms with Gasteiger partial charge in [0.15, 0.2) is 0 Å². The number of hydrogen-bond donors (Lipinski definition) is 2. The molecule has 4 nitrogen and oxygen atoms in total. The van der Waals surface area contributed by atoms with E-state index in [9.17, 15) is 9.59 Å². The standard InChI is InChI=1S/2C18H34O2/c2*1-2-3-4-5-6-7-8-9-10-11-12-13-14-15-16-17-18(19)20/h9-10H,2-8,11-17H2,1H3,(H,19,20);7-8H,2-6,9-17H2,1H3,(H,19,20). The van der Waals surface area contributed by atoms with Crippen LogP contribution in [0.3, 0.4) is 0 Å². The molecule has 4 heteroatoms. The Morgan fingerprint density at radius 2 is 0.600 bits per heavy atom. The molecule has 0 aliphatic carbocycles. The fourth-order valence-electron chi connectivity index (χ4n) is 4.69. The molecule has 0 heterocycles. The molecule has 0 saturated carbocycles. The first kappa shape index (κ1) is 40.6. The number of unbranched alkanes of at least 4 members (excludes halogenated alkanes) is 22. The van der Waals surface area contributed by atoms with Crippen molar-refractivity contribution >= 4 is 11.9 Å². The molecule has 0 radical (unpaired) electrons. The third-order valence-corrected chi connectivity index (χ3v) is 7.30. The maximum absolute atomic E-state index is 10.3. The lowest BCUT2D eigenvalue weighted by Crippen LogP contribution is -1.93. The molecule has 0 aliphatic rings. The summed E-state index contributed by atoms with van der Waals surface area (Å²) >= 11 is 0. The van der Waals surface area contributed by atoms with Crippen molar-refractivity contribution in [3.8, 4) is 0 Å². The smallest absolute Gasteiger partial charge is 0.303 e. The van der Waals surface area contributed by atoms with Crippen molar-refractivity contribution in [2.45, 2.75) is 194 Å². The molecule has 0 atom stereocenters. The van der Waals surface area contributed by atoms with Crippen LogP contribution in [0.5, 0.6) is 0 Å². The second-order valence-corrected chi connectivity index (χ2v) is 11.5. The van der Waals surface area contributed by atoms with Crippen molar-refractivity contribution in [1.29, 1.82) is 0 Å². The number of allylic oxidation sites excluding steroid dienone is 4. The normalized spacial score (nSPS) is 11.2. The minimum absolute atomic E-state index is 0.332. The summed E-state index contributed by atoms with van der Waals surface area (Å²) in [6.45, 7) is 4.51. The number of carboxylic acid groups (broad SMARTS) is 2. The maximum Gasteiger partial charge on any atom is 0.303 e. The number of aliphatic carboxylic acids is 2. The zero-order chi connectivity index (χ0) is 29.8. The van der Waals surface area contributed by atoms with E-state index in [1.54, 1.807) is 0 Å². The van der Waals surface area contributed by atoms with Crippen LogP contribution in [0.25, 0.3) is 0 Å². The Morgan fingerprint density at radius 3 is 0.875 bits per heavy atom. The molecule has 0 aromatic rings. The highest BCUT2D eigenvalue weighted by Crippen LogP contribution is 2.11. The van der Waals surface area contributed by atoms with Gasteiger partial charge in [0.2, 0.25) is 0 Å². The van der Waals surface area contributed by atoms with Gasteiger partial charge in [-0.15, -0.1) is 0 Å². The van der Waals surface area contributed by atoms with Crippen molar-refractivity contribution in [3.05, 3.63) is 24.3 Å². The predicted octanol–water partition coefficient (Wildman–Crippen LogP) is 12.2. The minimum atomic E-state index is -0.664. The molecular weight excluding hydrogens is 496 g/mol. The minimum Gasteiger partial charge on any atom is -0.481 e. The van der Waals surface area contributed by atoms with Crippen molar-refractivity contribution in [3.63, 3.8) is 0 Å². The van der Waals surface area contributed by atoms with Crippen molar-refractivity contribution in [1.82, 2.24) is 0 Å². The topological polar surface area (TPSA) is 74.6 Å². The highest BCUT2D eigenvalue weighted by molar-refractivity contribution is 5.66. The largest absolute Gasteiger partial charge is 0.481 e. The fraction of sp³-hybridized carbons (Fsp3) is 0.833. The Labute approximate surface area is 249 Å². The third-order valence-electron chi connectivity index (χ3n) is 7.30. The first-order valence-corrected chi connectivity index (χ1v) is 17.3. The van der Waals surface area contributed by atoms with Gasteiger partial charge in [-0.1, -0.05) is 141 Å². The molecule has 0 aliphatic heterocycles. The Bertz CT molecular complexity index is 567. The van der Waals surface area contributed by atoms with E-state index < -0.39 is 11.9 Å². The van der Waals surface area contributed by atoms with Crippen LogP contribution >= 0.6 is 0 Å². The second-order valence-electron chi connectivity index (χ2n) is 11.5. The molecule has 0 aromatic heterocycles. The SMILES string of the molecule is CCCCCCC=CCCCCCCCCCC(=O)O.CCCCCCCCC=CCCCCCCCC(=O)O.